The van der Waals surface area contributed by atoms with Crippen LogP contribution in [-0.2, 0) is 6.54 Å². The Balaban J connectivity index is 1.94. The topological polar surface area (TPSA) is 92.7 Å². The van der Waals surface area contributed by atoms with Gasteiger partial charge in [0.1, 0.15) is 5.69 Å². The maximum absolute atomic E-state index is 11.8. The summed E-state index contributed by atoms with van der Waals surface area (Å²) in [5.74, 6) is -0.320. The molecule has 7 heteroatoms. The highest BCUT2D eigenvalue weighted by Gasteiger charge is 2.11. The third kappa shape index (κ3) is 3.03. The van der Waals surface area contributed by atoms with Crippen LogP contribution in [0, 0.1) is 0 Å². The zero-order chi connectivity index (χ0) is 13.0. The highest BCUT2D eigenvalue weighted by Crippen LogP contribution is 1.95. The Bertz CT molecular complexity index is 555. The Labute approximate surface area is 103 Å². The summed E-state index contributed by atoms with van der Waals surface area (Å²) >= 11 is 0. The van der Waals surface area contributed by atoms with Gasteiger partial charge in [-0.3, -0.25) is 9.59 Å². The van der Waals surface area contributed by atoms with Crippen molar-refractivity contribution in [2.75, 3.05) is 0 Å². The third-order valence-electron chi connectivity index (χ3n) is 2.33. The number of imidazole rings is 1. The zero-order valence-electron chi connectivity index (χ0n) is 9.83. The molecule has 0 radical (unpaired) electrons. The number of carbonyl (C=O) groups is 1. The molecule has 0 bridgehead atoms. The van der Waals surface area contributed by atoms with Crippen LogP contribution >= 0.6 is 0 Å². The van der Waals surface area contributed by atoms with E-state index in [0.29, 0.717) is 6.54 Å². The highest BCUT2D eigenvalue weighted by molar-refractivity contribution is 5.92. The molecule has 0 fully saturated rings. The number of hydrogen-bond donors (Lipinski definition) is 2. The van der Waals surface area contributed by atoms with Crippen molar-refractivity contribution >= 4 is 5.91 Å². The molecular weight excluding hydrogens is 234 g/mol. The molecular formula is C11H13N5O2. The molecule has 2 aromatic heterocycles. The van der Waals surface area contributed by atoms with Gasteiger partial charge in [0.15, 0.2) is 0 Å². The monoisotopic (exact) mass is 247 g/mol. The number of nitrogens with one attached hydrogen (secondary N) is 2. The number of aromatic nitrogens is 4. The van der Waals surface area contributed by atoms with E-state index in [-0.39, 0.29) is 23.2 Å². The Morgan fingerprint density at radius 3 is 3.00 bits per heavy atom. The van der Waals surface area contributed by atoms with Crippen LogP contribution < -0.4 is 10.9 Å². The summed E-state index contributed by atoms with van der Waals surface area (Å²) in [4.78, 5) is 26.5. The maximum Gasteiger partial charge on any atom is 0.271 e. The maximum atomic E-state index is 11.8. The number of carbonyl (C=O) groups excluding carboxylic acids is 1. The zero-order valence-corrected chi connectivity index (χ0v) is 9.83. The van der Waals surface area contributed by atoms with E-state index in [1.807, 2.05) is 17.7 Å². The van der Waals surface area contributed by atoms with E-state index >= 15 is 0 Å². The summed E-state index contributed by atoms with van der Waals surface area (Å²) in [6.45, 7) is 2.50. The molecule has 0 aliphatic carbocycles. The van der Waals surface area contributed by atoms with E-state index < -0.39 is 0 Å². The Hall–Kier alpha value is -2.44. The summed E-state index contributed by atoms with van der Waals surface area (Å²) in [5, 5.41) is 8.66. The van der Waals surface area contributed by atoms with E-state index in [4.69, 9.17) is 0 Å². The SMILES string of the molecule is CC(Cn1ccnc1)NC(=O)c1ccc(=O)[nH]n1. The van der Waals surface area contributed by atoms with Crippen LogP contribution in [0.4, 0.5) is 0 Å². The molecule has 2 N–H and O–H groups in total. The van der Waals surface area contributed by atoms with Crippen LogP contribution in [0.1, 0.15) is 17.4 Å². The van der Waals surface area contributed by atoms with E-state index in [1.54, 1.807) is 12.5 Å². The van der Waals surface area contributed by atoms with Crippen molar-refractivity contribution in [1.82, 2.24) is 25.1 Å². The summed E-state index contributed by atoms with van der Waals surface area (Å²) in [5.41, 5.74) is -0.148. The number of amides is 1. The van der Waals surface area contributed by atoms with E-state index in [0.717, 1.165) is 0 Å². The van der Waals surface area contributed by atoms with Gasteiger partial charge >= 0.3 is 0 Å². The second-order valence-electron chi connectivity index (χ2n) is 3.94. The van der Waals surface area contributed by atoms with Gasteiger partial charge in [0.05, 0.1) is 6.33 Å². The molecule has 1 unspecified atom stereocenters. The first-order chi connectivity index (χ1) is 8.65. The summed E-state index contributed by atoms with van der Waals surface area (Å²) in [6, 6.07) is 2.58. The molecule has 0 aliphatic rings. The fourth-order valence-corrected chi connectivity index (χ4v) is 1.53. The lowest BCUT2D eigenvalue weighted by molar-refractivity contribution is 0.0930. The van der Waals surface area contributed by atoms with E-state index in [1.165, 1.54) is 12.1 Å². The summed E-state index contributed by atoms with van der Waals surface area (Å²) in [7, 11) is 0. The molecule has 0 saturated carbocycles. The average molecular weight is 247 g/mol. The predicted octanol–water partition coefficient (Wildman–Crippen LogP) is -0.215. The van der Waals surface area contributed by atoms with Crippen molar-refractivity contribution in [3.63, 3.8) is 0 Å². The number of aromatic amines is 1. The minimum Gasteiger partial charge on any atom is -0.346 e. The smallest absolute Gasteiger partial charge is 0.271 e. The lowest BCUT2D eigenvalue weighted by atomic mass is 10.3. The first-order valence-electron chi connectivity index (χ1n) is 5.47. The predicted molar refractivity (Wildman–Crippen MR) is 64.0 cm³/mol. The van der Waals surface area contributed by atoms with Gasteiger partial charge in [0.25, 0.3) is 11.5 Å². The lowest BCUT2D eigenvalue weighted by Crippen LogP contribution is -2.36. The lowest BCUT2D eigenvalue weighted by Gasteiger charge is -2.13. The average Bonchev–Trinajstić information content (AvgIpc) is 2.82. The van der Waals surface area contributed by atoms with Gasteiger partial charge in [-0.1, -0.05) is 0 Å². The van der Waals surface area contributed by atoms with Crippen molar-refractivity contribution in [1.29, 1.82) is 0 Å². The van der Waals surface area contributed by atoms with Crippen LogP contribution in [0.5, 0.6) is 0 Å². The molecule has 0 aliphatic heterocycles. The fraction of sp³-hybridized carbons (Fsp3) is 0.273. The minimum atomic E-state index is -0.335. The van der Waals surface area contributed by atoms with Crippen LogP contribution in [0.25, 0.3) is 0 Å². The van der Waals surface area contributed by atoms with Gasteiger partial charge in [-0.25, -0.2) is 10.1 Å². The van der Waals surface area contributed by atoms with Gasteiger partial charge in [-0.15, -0.1) is 0 Å². The van der Waals surface area contributed by atoms with Crippen LogP contribution in [-0.4, -0.2) is 31.7 Å². The molecule has 18 heavy (non-hydrogen) atoms. The van der Waals surface area contributed by atoms with E-state index in [2.05, 4.69) is 20.5 Å². The molecule has 0 aromatic carbocycles. The van der Waals surface area contributed by atoms with Crippen molar-refractivity contribution in [3.8, 4) is 0 Å². The molecule has 2 rings (SSSR count). The minimum absolute atomic E-state index is 0.0690. The fourth-order valence-electron chi connectivity index (χ4n) is 1.53. The van der Waals surface area contributed by atoms with Gasteiger partial charge in [0, 0.05) is 31.0 Å². The van der Waals surface area contributed by atoms with Crippen molar-refractivity contribution < 1.29 is 4.79 Å². The molecule has 1 amide bonds. The summed E-state index contributed by atoms with van der Waals surface area (Å²) < 4.78 is 1.87. The molecule has 2 aromatic rings. The molecule has 2 heterocycles. The van der Waals surface area contributed by atoms with Crippen molar-refractivity contribution in [2.24, 2.45) is 0 Å². The van der Waals surface area contributed by atoms with Gasteiger partial charge in [-0.05, 0) is 13.0 Å². The number of hydrogen-bond acceptors (Lipinski definition) is 4. The van der Waals surface area contributed by atoms with Crippen molar-refractivity contribution in [2.45, 2.75) is 19.5 Å². The molecule has 0 spiro atoms. The largest absolute Gasteiger partial charge is 0.346 e. The molecule has 1 atom stereocenters. The molecule has 7 nitrogen and oxygen atoms in total. The Morgan fingerprint density at radius 2 is 2.39 bits per heavy atom. The van der Waals surface area contributed by atoms with Crippen molar-refractivity contribution in [3.05, 3.63) is 46.9 Å². The standard InChI is InChI=1S/C11H13N5O2/c1-8(6-16-5-4-12-7-16)13-11(18)9-2-3-10(17)15-14-9/h2-5,7-8H,6H2,1H3,(H,13,18)(H,15,17). The van der Waals surface area contributed by atoms with Gasteiger partial charge in [0.2, 0.25) is 0 Å². The second kappa shape index (κ2) is 5.26. The second-order valence-corrected chi connectivity index (χ2v) is 3.94. The first kappa shape index (κ1) is 12.0. The Morgan fingerprint density at radius 1 is 1.56 bits per heavy atom. The third-order valence-corrected chi connectivity index (χ3v) is 2.33. The normalized spacial score (nSPS) is 12.1. The molecule has 94 valence electrons. The number of nitrogens with zero attached hydrogens (tertiary/aromatic N) is 3. The quantitative estimate of drug-likeness (QED) is 0.781. The summed E-state index contributed by atoms with van der Waals surface area (Å²) in [6.07, 6.45) is 5.18. The van der Waals surface area contributed by atoms with E-state index in [9.17, 15) is 9.59 Å². The first-order valence-corrected chi connectivity index (χ1v) is 5.47. The molecule has 0 saturated heterocycles. The van der Waals surface area contributed by atoms with Crippen LogP contribution in [0.15, 0.2) is 35.6 Å². The van der Waals surface area contributed by atoms with Crippen LogP contribution in [0.3, 0.4) is 0 Å². The Kier molecular flexibility index (Phi) is 3.52. The number of rotatable bonds is 4. The van der Waals surface area contributed by atoms with Gasteiger partial charge in [-0.2, -0.15) is 5.10 Å². The van der Waals surface area contributed by atoms with Gasteiger partial charge < -0.3 is 9.88 Å². The highest BCUT2D eigenvalue weighted by atomic mass is 16.2. The van der Waals surface area contributed by atoms with Crippen LogP contribution in [0.2, 0.25) is 0 Å². The number of H-pyrrole nitrogens is 1.